The maximum atomic E-state index is 13.0. The summed E-state index contributed by atoms with van der Waals surface area (Å²) in [6.45, 7) is 3.94. The third-order valence-corrected chi connectivity index (χ3v) is 4.88. The third-order valence-electron chi connectivity index (χ3n) is 4.88. The van der Waals surface area contributed by atoms with Gasteiger partial charge in [0, 0.05) is 19.6 Å². The monoisotopic (exact) mass is 305 g/mol. The van der Waals surface area contributed by atoms with Crippen LogP contribution in [0.2, 0.25) is 0 Å². The third kappa shape index (κ3) is 3.31. The highest BCUT2D eigenvalue weighted by atomic mass is 19.1. The Balaban J connectivity index is 1.63. The Morgan fingerprint density at radius 3 is 2.68 bits per heavy atom. The summed E-state index contributed by atoms with van der Waals surface area (Å²) >= 11 is 0. The van der Waals surface area contributed by atoms with E-state index in [9.17, 15) is 9.18 Å². The van der Waals surface area contributed by atoms with E-state index in [0.717, 1.165) is 44.5 Å². The van der Waals surface area contributed by atoms with Crippen molar-refractivity contribution in [1.29, 1.82) is 0 Å². The Labute approximate surface area is 131 Å². The first-order valence-electron chi connectivity index (χ1n) is 8.14. The molecule has 0 bridgehead atoms. The van der Waals surface area contributed by atoms with Gasteiger partial charge in [-0.2, -0.15) is 0 Å². The molecule has 3 rings (SSSR count). The molecule has 0 unspecified atom stereocenters. The molecule has 1 aromatic carbocycles. The molecule has 2 heterocycles. The van der Waals surface area contributed by atoms with Crippen molar-refractivity contribution < 1.29 is 9.18 Å². The second-order valence-electron chi connectivity index (χ2n) is 6.43. The standard InChI is InChI=1S/C17H24FN3O/c18-15-5-3-13(4-6-15)11-20-8-1-2-16(20)17(22)21-9-7-14(10-19)12-21/h3-6,14,16H,1-2,7-12,19H2/t14-,16-/m0/s1. The summed E-state index contributed by atoms with van der Waals surface area (Å²) in [6.07, 6.45) is 2.99. The van der Waals surface area contributed by atoms with Gasteiger partial charge in [-0.05, 0) is 56.0 Å². The van der Waals surface area contributed by atoms with Crippen LogP contribution in [0, 0.1) is 11.7 Å². The zero-order chi connectivity index (χ0) is 15.5. The van der Waals surface area contributed by atoms with E-state index in [1.54, 1.807) is 12.1 Å². The number of nitrogens with zero attached hydrogens (tertiary/aromatic N) is 2. The summed E-state index contributed by atoms with van der Waals surface area (Å²) in [5, 5.41) is 0. The zero-order valence-corrected chi connectivity index (χ0v) is 12.9. The van der Waals surface area contributed by atoms with Crippen molar-refractivity contribution in [3.8, 4) is 0 Å². The molecular formula is C17H24FN3O. The highest BCUT2D eigenvalue weighted by Crippen LogP contribution is 2.24. The molecule has 2 saturated heterocycles. The molecule has 0 spiro atoms. The topological polar surface area (TPSA) is 49.6 Å². The summed E-state index contributed by atoms with van der Waals surface area (Å²) in [7, 11) is 0. The first kappa shape index (κ1) is 15.4. The Kier molecular flexibility index (Phi) is 4.74. The van der Waals surface area contributed by atoms with Gasteiger partial charge in [-0.1, -0.05) is 12.1 Å². The molecule has 5 heteroatoms. The van der Waals surface area contributed by atoms with Gasteiger partial charge < -0.3 is 10.6 Å². The molecule has 2 atom stereocenters. The van der Waals surface area contributed by atoms with Crippen molar-refractivity contribution in [3.63, 3.8) is 0 Å². The van der Waals surface area contributed by atoms with E-state index in [1.807, 2.05) is 4.90 Å². The van der Waals surface area contributed by atoms with Gasteiger partial charge in [0.25, 0.3) is 0 Å². The van der Waals surface area contributed by atoms with Crippen LogP contribution < -0.4 is 5.73 Å². The van der Waals surface area contributed by atoms with Crippen LogP contribution in [0.1, 0.15) is 24.8 Å². The fourth-order valence-corrected chi connectivity index (χ4v) is 3.56. The second kappa shape index (κ2) is 6.75. The molecule has 1 amide bonds. The zero-order valence-electron chi connectivity index (χ0n) is 12.9. The van der Waals surface area contributed by atoms with E-state index in [1.165, 1.54) is 12.1 Å². The summed E-state index contributed by atoms with van der Waals surface area (Å²) in [4.78, 5) is 17.0. The van der Waals surface area contributed by atoms with Crippen molar-refractivity contribution in [1.82, 2.24) is 9.80 Å². The van der Waals surface area contributed by atoms with Crippen LogP contribution in [0.3, 0.4) is 0 Å². The van der Waals surface area contributed by atoms with Gasteiger partial charge in [0.15, 0.2) is 0 Å². The molecular weight excluding hydrogens is 281 g/mol. The minimum absolute atomic E-state index is 0.0263. The number of likely N-dealkylation sites (tertiary alicyclic amines) is 2. The second-order valence-corrected chi connectivity index (χ2v) is 6.43. The average Bonchev–Trinajstić information content (AvgIpc) is 3.18. The maximum absolute atomic E-state index is 13.0. The molecule has 0 saturated carbocycles. The van der Waals surface area contributed by atoms with E-state index in [-0.39, 0.29) is 17.8 Å². The Morgan fingerprint density at radius 1 is 1.23 bits per heavy atom. The van der Waals surface area contributed by atoms with Crippen LogP contribution >= 0.6 is 0 Å². The minimum Gasteiger partial charge on any atom is -0.341 e. The highest BCUT2D eigenvalue weighted by Gasteiger charge is 2.36. The van der Waals surface area contributed by atoms with Crippen LogP contribution in [0.15, 0.2) is 24.3 Å². The average molecular weight is 305 g/mol. The molecule has 120 valence electrons. The van der Waals surface area contributed by atoms with Gasteiger partial charge in [-0.25, -0.2) is 4.39 Å². The lowest BCUT2D eigenvalue weighted by molar-refractivity contribution is -0.135. The number of carbonyl (C=O) groups is 1. The van der Waals surface area contributed by atoms with Crippen molar-refractivity contribution in [3.05, 3.63) is 35.6 Å². The maximum Gasteiger partial charge on any atom is 0.239 e. The first-order chi connectivity index (χ1) is 10.7. The van der Waals surface area contributed by atoms with Crippen LogP contribution in [-0.2, 0) is 11.3 Å². The van der Waals surface area contributed by atoms with Gasteiger partial charge in [0.1, 0.15) is 5.82 Å². The van der Waals surface area contributed by atoms with Gasteiger partial charge in [-0.3, -0.25) is 9.69 Å². The van der Waals surface area contributed by atoms with E-state index in [4.69, 9.17) is 5.73 Å². The predicted molar refractivity (Wildman–Crippen MR) is 83.6 cm³/mol. The van der Waals surface area contributed by atoms with Gasteiger partial charge >= 0.3 is 0 Å². The fraction of sp³-hybridized carbons (Fsp3) is 0.588. The van der Waals surface area contributed by atoms with Gasteiger partial charge in [0.2, 0.25) is 5.91 Å². The SMILES string of the molecule is NC[C@@H]1CCN(C(=O)[C@@H]2CCCN2Cc2ccc(F)cc2)C1. The number of hydrogen-bond donors (Lipinski definition) is 1. The lowest BCUT2D eigenvalue weighted by Crippen LogP contribution is -2.44. The summed E-state index contributed by atoms with van der Waals surface area (Å²) in [5.41, 5.74) is 6.77. The lowest BCUT2D eigenvalue weighted by Gasteiger charge is -2.28. The number of carbonyl (C=O) groups excluding carboxylic acids is 1. The number of nitrogens with two attached hydrogens (primary N) is 1. The minimum atomic E-state index is -0.220. The Bertz CT molecular complexity index is 519. The molecule has 2 fully saturated rings. The fourth-order valence-electron chi connectivity index (χ4n) is 3.56. The van der Waals surface area contributed by atoms with Gasteiger partial charge in [-0.15, -0.1) is 0 Å². The molecule has 1 aromatic rings. The van der Waals surface area contributed by atoms with Gasteiger partial charge in [0.05, 0.1) is 6.04 Å². The molecule has 0 aromatic heterocycles. The van der Waals surface area contributed by atoms with E-state index in [0.29, 0.717) is 19.0 Å². The van der Waals surface area contributed by atoms with Crippen LogP contribution in [0.25, 0.3) is 0 Å². The Hall–Kier alpha value is -1.46. The quantitative estimate of drug-likeness (QED) is 0.919. The number of halogens is 1. The summed E-state index contributed by atoms with van der Waals surface area (Å²) < 4.78 is 13.0. The number of benzene rings is 1. The molecule has 0 radical (unpaired) electrons. The Morgan fingerprint density at radius 2 is 2.00 bits per heavy atom. The molecule has 22 heavy (non-hydrogen) atoms. The normalized spacial score (nSPS) is 25.8. The number of hydrogen-bond acceptors (Lipinski definition) is 3. The lowest BCUT2D eigenvalue weighted by atomic mass is 10.1. The summed E-state index contributed by atoms with van der Waals surface area (Å²) in [6, 6.07) is 6.54. The molecule has 2 N–H and O–H groups in total. The van der Waals surface area contributed by atoms with Crippen molar-refractivity contribution in [2.75, 3.05) is 26.2 Å². The van der Waals surface area contributed by atoms with Crippen molar-refractivity contribution in [2.45, 2.75) is 31.8 Å². The van der Waals surface area contributed by atoms with Crippen LogP contribution in [-0.4, -0.2) is 47.9 Å². The van der Waals surface area contributed by atoms with E-state index in [2.05, 4.69) is 4.90 Å². The predicted octanol–water partition coefficient (Wildman–Crippen LogP) is 1.60. The van der Waals surface area contributed by atoms with E-state index >= 15 is 0 Å². The summed E-state index contributed by atoms with van der Waals surface area (Å²) in [5.74, 6) is 0.481. The van der Waals surface area contributed by atoms with Crippen LogP contribution in [0.4, 0.5) is 4.39 Å². The number of amides is 1. The largest absolute Gasteiger partial charge is 0.341 e. The van der Waals surface area contributed by atoms with Crippen molar-refractivity contribution >= 4 is 5.91 Å². The number of rotatable bonds is 4. The smallest absolute Gasteiger partial charge is 0.239 e. The van der Waals surface area contributed by atoms with Crippen LogP contribution in [0.5, 0.6) is 0 Å². The van der Waals surface area contributed by atoms with E-state index < -0.39 is 0 Å². The molecule has 2 aliphatic rings. The molecule has 4 nitrogen and oxygen atoms in total. The van der Waals surface area contributed by atoms with Crippen molar-refractivity contribution in [2.24, 2.45) is 11.7 Å². The first-order valence-corrected chi connectivity index (χ1v) is 8.14. The molecule has 2 aliphatic heterocycles. The molecule has 0 aliphatic carbocycles. The highest BCUT2D eigenvalue weighted by molar-refractivity contribution is 5.82.